The molecular formula is C17H29N3O. The molecule has 1 aromatic rings. The fourth-order valence-corrected chi connectivity index (χ4v) is 1.99. The highest BCUT2D eigenvalue weighted by Crippen LogP contribution is 2.04. The molecule has 1 unspecified atom stereocenters. The number of benzene rings is 1. The highest BCUT2D eigenvalue weighted by Gasteiger charge is 2.11. The SMILES string of the molecule is Cc1ccc(CNC(=O)CN(C)CCC(N)C(C)C)cc1. The number of aryl methyl sites for hydroxylation is 1. The highest BCUT2D eigenvalue weighted by molar-refractivity contribution is 5.77. The van der Waals surface area contributed by atoms with Crippen molar-refractivity contribution in [2.75, 3.05) is 20.1 Å². The average Bonchev–Trinajstić information content (AvgIpc) is 2.44. The molecule has 0 spiro atoms. The van der Waals surface area contributed by atoms with Gasteiger partial charge in [0.15, 0.2) is 0 Å². The third-order valence-electron chi connectivity index (χ3n) is 3.72. The normalized spacial score (nSPS) is 12.7. The molecule has 0 aromatic heterocycles. The van der Waals surface area contributed by atoms with Crippen LogP contribution in [0.25, 0.3) is 0 Å². The molecule has 1 rings (SSSR count). The van der Waals surface area contributed by atoms with Crippen LogP contribution < -0.4 is 11.1 Å². The second kappa shape index (κ2) is 8.80. The van der Waals surface area contributed by atoms with E-state index in [0.29, 0.717) is 19.0 Å². The Morgan fingerprint density at radius 1 is 1.29 bits per heavy atom. The molecule has 0 saturated heterocycles. The van der Waals surface area contributed by atoms with Crippen molar-refractivity contribution in [3.05, 3.63) is 35.4 Å². The molecule has 3 N–H and O–H groups in total. The summed E-state index contributed by atoms with van der Waals surface area (Å²) in [6.45, 7) is 8.14. The zero-order chi connectivity index (χ0) is 15.8. The Bertz CT molecular complexity index is 428. The van der Waals surface area contributed by atoms with Crippen LogP contribution in [0.4, 0.5) is 0 Å². The molecule has 1 aromatic carbocycles. The second-order valence-corrected chi connectivity index (χ2v) is 6.20. The van der Waals surface area contributed by atoms with Crippen molar-refractivity contribution in [2.24, 2.45) is 11.7 Å². The molecule has 0 aliphatic carbocycles. The van der Waals surface area contributed by atoms with E-state index >= 15 is 0 Å². The van der Waals surface area contributed by atoms with Crippen LogP contribution >= 0.6 is 0 Å². The number of nitrogens with one attached hydrogen (secondary N) is 1. The molecule has 1 atom stereocenters. The highest BCUT2D eigenvalue weighted by atomic mass is 16.2. The summed E-state index contributed by atoms with van der Waals surface area (Å²) in [6, 6.07) is 8.40. The van der Waals surface area contributed by atoms with Gasteiger partial charge in [-0.15, -0.1) is 0 Å². The zero-order valence-corrected chi connectivity index (χ0v) is 13.7. The zero-order valence-electron chi connectivity index (χ0n) is 13.7. The molecule has 4 nitrogen and oxygen atoms in total. The van der Waals surface area contributed by atoms with E-state index in [-0.39, 0.29) is 11.9 Å². The van der Waals surface area contributed by atoms with Gasteiger partial charge in [0.25, 0.3) is 0 Å². The molecule has 21 heavy (non-hydrogen) atoms. The molecule has 0 aliphatic rings. The van der Waals surface area contributed by atoms with Gasteiger partial charge in [0.05, 0.1) is 6.54 Å². The van der Waals surface area contributed by atoms with Crippen LogP contribution in [0.15, 0.2) is 24.3 Å². The number of hydrogen-bond acceptors (Lipinski definition) is 3. The molecule has 0 fully saturated rings. The standard InChI is InChI=1S/C17H29N3O/c1-13(2)16(18)9-10-20(4)12-17(21)19-11-15-7-5-14(3)6-8-15/h5-8,13,16H,9-12,18H2,1-4H3,(H,19,21). The summed E-state index contributed by atoms with van der Waals surface area (Å²) >= 11 is 0. The second-order valence-electron chi connectivity index (χ2n) is 6.20. The molecule has 118 valence electrons. The van der Waals surface area contributed by atoms with Crippen LogP contribution in [-0.2, 0) is 11.3 Å². The van der Waals surface area contributed by atoms with Crippen molar-refractivity contribution in [3.8, 4) is 0 Å². The summed E-state index contributed by atoms with van der Waals surface area (Å²) in [5.74, 6) is 0.532. The van der Waals surface area contributed by atoms with Crippen molar-refractivity contribution in [2.45, 2.75) is 39.8 Å². The van der Waals surface area contributed by atoms with Gasteiger partial charge in [-0.2, -0.15) is 0 Å². The van der Waals surface area contributed by atoms with Crippen molar-refractivity contribution in [1.82, 2.24) is 10.2 Å². The lowest BCUT2D eigenvalue weighted by Crippen LogP contribution is -2.37. The summed E-state index contributed by atoms with van der Waals surface area (Å²) in [4.78, 5) is 13.9. The van der Waals surface area contributed by atoms with Crippen molar-refractivity contribution >= 4 is 5.91 Å². The van der Waals surface area contributed by atoms with Gasteiger partial charge in [0, 0.05) is 12.6 Å². The summed E-state index contributed by atoms with van der Waals surface area (Å²) in [6.07, 6.45) is 0.916. The first-order valence-electron chi connectivity index (χ1n) is 7.65. The quantitative estimate of drug-likeness (QED) is 0.769. The molecule has 0 radical (unpaired) electrons. The van der Waals surface area contributed by atoms with Gasteiger partial charge in [0.1, 0.15) is 0 Å². The largest absolute Gasteiger partial charge is 0.351 e. The number of nitrogens with zero attached hydrogens (tertiary/aromatic N) is 1. The lowest BCUT2D eigenvalue weighted by molar-refractivity contribution is -0.122. The lowest BCUT2D eigenvalue weighted by Gasteiger charge is -2.20. The summed E-state index contributed by atoms with van der Waals surface area (Å²) in [5, 5.41) is 2.95. The minimum Gasteiger partial charge on any atom is -0.351 e. The first-order chi connectivity index (χ1) is 9.88. The third-order valence-corrected chi connectivity index (χ3v) is 3.72. The van der Waals surface area contributed by atoms with Gasteiger partial charge in [-0.1, -0.05) is 43.7 Å². The Kier molecular flexibility index (Phi) is 7.40. The van der Waals surface area contributed by atoms with Gasteiger partial charge in [-0.3, -0.25) is 9.69 Å². The van der Waals surface area contributed by atoms with Crippen LogP contribution in [0.3, 0.4) is 0 Å². The van der Waals surface area contributed by atoms with E-state index < -0.39 is 0 Å². The predicted molar refractivity (Wildman–Crippen MR) is 88.0 cm³/mol. The molecule has 1 amide bonds. The number of hydrogen-bond donors (Lipinski definition) is 2. The number of carbonyl (C=O) groups excluding carboxylic acids is 1. The molecular weight excluding hydrogens is 262 g/mol. The average molecular weight is 291 g/mol. The van der Waals surface area contributed by atoms with Crippen LogP contribution in [-0.4, -0.2) is 37.0 Å². The molecule has 0 bridgehead atoms. The molecule has 0 heterocycles. The first kappa shape index (κ1) is 17.7. The topological polar surface area (TPSA) is 58.4 Å². The van der Waals surface area contributed by atoms with Gasteiger partial charge >= 0.3 is 0 Å². The van der Waals surface area contributed by atoms with E-state index in [0.717, 1.165) is 18.5 Å². The number of amides is 1. The van der Waals surface area contributed by atoms with Crippen LogP contribution in [0.1, 0.15) is 31.4 Å². The summed E-state index contributed by atoms with van der Waals surface area (Å²) in [7, 11) is 1.96. The third kappa shape index (κ3) is 7.25. The fourth-order valence-electron chi connectivity index (χ4n) is 1.99. The van der Waals surface area contributed by atoms with E-state index in [1.54, 1.807) is 0 Å². The fraction of sp³-hybridized carbons (Fsp3) is 0.588. The lowest BCUT2D eigenvalue weighted by atomic mass is 10.0. The van der Waals surface area contributed by atoms with Gasteiger partial charge in [0.2, 0.25) is 5.91 Å². The Hall–Kier alpha value is -1.39. The predicted octanol–water partition coefficient (Wildman–Crippen LogP) is 1.92. The summed E-state index contributed by atoms with van der Waals surface area (Å²) in [5.41, 5.74) is 8.37. The van der Waals surface area contributed by atoms with Crippen LogP contribution in [0.5, 0.6) is 0 Å². The Morgan fingerprint density at radius 2 is 1.90 bits per heavy atom. The molecule has 0 aliphatic heterocycles. The smallest absolute Gasteiger partial charge is 0.234 e. The number of likely N-dealkylation sites (N-methyl/N-ethyl adjacent to an activating group) is 1. The van der Waals surface area contributed by atoms with E-state index in [9.17, 15) is 4.79 Å². The van der Waals surface area contributed by atoms with E-state index in [1.165, 1.54) is 5.56 Å². The monoisotopic (exact) mass is 291 g/mol. The molecule has 0 saturated carbocycles. The molecule has 4 heteroatoms. The van der Waals surface area contributed by atoms with Gasteiger partial charge in [-0.05, 0) is 38.4 Å². The Morgan fingerprint density at radius 3 is 2.48 bits per heavy atom. The maximum absolute atomic E-state index is 11.9. The maximum Gasteiger partial charge on any atom is 0.234 e. The Labute approximate surface area is 128 Å². The van der Waals surface area contributed by atoms with Gasteiger partial charge < -0.3 is 11.1 Å². The number of nitrogens with two attached hydrogens (primary N) is 1. The van der Waals surface area contributed by atoms with Crippen molar-refractivity contribution in [3.63, 3.8) is 0 Å². The van der Waals surface area contributed by atoms with E-state index in [2.05, 4.69) is 38.2 Å². The van der Waals surface area contributed by atoms with E-state index in [1.807, 2.05) is 24.1 Å². The number of carbonyl (C=O) groups is 1. The van der Waals surface area contributed by atoms with Crippen LogP contribution in [0.2, 0.25) is 0 Å². The Balaban J connectivity index is 2.25. The van der Waals surface area contributed by atoms with Crippen molar-refractivity contribution < 1.29 is 4.79 Å². The minimum absolute atomic E-state index is 0.0520. The minimum atomic E-state index is 0.0520. The van der Waals surface area contributed by atoms with Crippen molar-refractivity contribution in [1.29, 1.82) is 0 Å². The number of rotatable bonds is 8. The maximum atomic E-state index is 11.9. The van der Waals surface area contributed by atoms with Gasteiger partial charge in [-0.25, -0.2) is 0 Å². The van der Waals surface area contributed by atoms with E-state index in [4.69, 9.17) is 5.73 Å². The first-order valence-corrected chi connectivity index (χ1v) is 7.65. The van der Waals surface area contributed by atoms with Crippen LogP contribution in [0, 0.1) is 12.8 Å². The summed E-state index contributed by atoms with van der Waals surface area (Å²) < 4.78 is 0.